The van der Waals surface area contributed by atoms with Crippen LogP contribution >= 0.6 is 11.6 Å². The predicted octanol–water partition coefficient (Wildman–Crippen LogP) is 3.20. The number of esters is 1. The maximum atomic E-state index is 13.3. The number of nitriles is 1. The van der Waals surface area contributed by atoms with Gasteiger partial charge in [-0.15, -0.1) is 0 Å². The number of carbonyl (C=O) groups is 2. The number of amides is 1. The third-order valence-electron chi connectivity index (χ3n) is 5.38. The second kappa shape index (κ2) is 8.62. The molecule has 0 saturated carbocycles. The molecule has 1 atom stereocenters. The van der Waals surface area contributed by atoms with Crippen LogP contribution in [0.3, 0.4) is 0 Å². The summed E-state index contributed by atoms with van der Waals surface area (Å²) in [7, 11) is 1.31. The largest absolute Gasteiger partial charge is 0.467 e. The maximum Gasteiger partial charge on any atom is 0.329 e. The predicted molar refractivity (Wildman–Crippen MR) is 113 cm³/mol. The van der Waals surface area contributed by atoms with Crippen LogP contribution in [0.4, 0.5) is 0 Å². The fourth-order valence-corrected chi connectivity index (χ4v) is 3.83. The van der Waals surface area contributed by atoms with Gasteiger partial charge in [0.05, 0.1) is 43.0 Å². The SMILES string of the molecule is COC(=O)C1Cc2ncn(Cc3ccc(Cl)cc3)c2CN1C(=O)c1ccc(C#N)cc1. The Kier molecular flexibility index (Phi) is 5.74. The number of halogens is 1. The number of imidazole rings is 1. The van der Waals surface area contributed by atoms with Crippen LogP contribution in [0.2, 0.25) is 5.02 Å². The van der Waals surface area contributed by atoms with Gasteiger partial charge in [0.15, 0.2) is 0 Å². The summed E-state index contributed by atoms with van der Waals surface area (Å²) < 4.78 is 6.93. The third kappa shape index (κ3) is 4.16. The van der Waals surface area contributed by atoms with Crippen LogP contribution in [0.5, 0.6) is 0 Å². The summed E-state index contributed by atoms with van der Waals surface area (Å²) in [6, 6.07) is 15.2. The standard InChI is InChI=1S/C23H19ClN4O3/c1-31-23(30)20-10-19-21(27(14-26-19)12-16-4-8-18(24)9-5-16)13-28(20)22(29)17-6-2-15(11-25)3-7-17/h2-9,14,20H,10,12-13H2,1H3. The van der Waals surface area contributed by atoms with Gasteiger partial charge in [0, 0.05) is 23.6 Å². The molecule has 31 heavy (non-hydrogen) atoms. The summed E-state index contributed by atoms with van der Waals surface area (Å²) in [5.74, 6) is -0.787. The number of fused-ring (bicyclic) bond motifs is 1. The van der Waals surface area contributed by atoms with Gasteiger partial charge in [0.1, 0.15) is 6.04 Å². The molecule has 0 spiro atoms. The van der Waals surface area contributed by atoms with Gasteiger partial charge >= 0.3 is 5.97 Å². The first-order valence-electron chi connectivity index (χ1n) is 9.66. The van der Waals surface area contributed by atoms with E-state index in [1.165, 1.54) is 12.0 Å². The second-order valence-electron chi connectivity index (χ2n) is 7.26. The molecule has 1 amide bonds. The molecule has 1 aliphatic heterocycles. The minimum absolute atomic E-state index is 0.224. The summed E-state index contributed by atoms with van der Waals surface area (Å²) in [6.45, 7) is 0.794. The quantitative estimate of drug-likeness (QED) is 0.588. The van der Waals surface area contributed by atoms with Crippen molar-refractivity contribution in [2.45, 2.75) is 25.6 Å². The fraction of sp³-hybridized carbons (Fsp3) is 0.217. The first kappa shape index (κ1) is 20.6. The number of ether oxygens (including phenoxy) is 1. The summed E-state index contributed by atoms with van der Waals surface area (Å²) in [6.07, 6.45) is 2.00. The van der Waals surface area contributed by atoms with Gasteiger partial charge in [-0.3, -0.25) is 4.79 Å². The van der Waals surface area contributed by atoms with Crippen molar-refractivity contribution in [3.05, 3.63) is 88.0 Å². The highest BCUT2D eigenvalue weighted by Gasteiger charge is 2.38. The van der Waals surface area contributed by atoms with E-state index < -0.39 is 12.0 Å². The van der Waals surface area contributed by atoms with Crippen LogP contribution in [0, 0.1) is 11.3 Å². The molecule has 0 aliphatic carbocycles. The van der Waals surface area contributed by atoms with Crippen LogP contribution in [0.1, 0.15) is 32.9 Å². The molecule has 8 heteroatoms. The molecule has 1 unspecified atom stereocenters. The van der Waals surface area contributed by atoms with Gasteiger partial charge in [0.2, 0.25) is 0 Å². The summed E-state index contributed by atoms with van der Waals surface area (Å²) in [5, 5.41) is 9.65. The number of rotatable bonds is 4. The van der Waals surface area contributed by atoms with Gasteiger partial charge in [0.25, 0.3) is 5.91 Å². The average Bonchev–Trinajstić information content (AvgIpc) is 3.20. The number of methoxy groups -OCH3 is 1. The zero-order valence-electron chi connectivity index (χ0n) is 16.8. The zero-order valence-corrected chi connectivity index (χ0v) is 17.5. The van der Waals surface area contributed by atoms with Crippen LogP contribution in [-0.2, 0) is 29.0 Å². The molecule has 4 rings (SSSR count). The van der Waals surface area contributed by atoms with Crippen LogP contribution in [0.25, 0.3) is 0 Å². The molecule has 0 N–H and O–H groups in total. The van der Waals surface area contributed by atoms with Crippen molar-refractivity contribution in [3.8, 4) is 6.07 Å². The second-order valence-corrected chi connectivity index (χ2v) is 7.69. The molecular formula is C23H19ClN4O3. The van der Waals surface area contributed by atoms with Crippen LogP contribution in [0.15, 0.2) is 54.9 Å². The van der Waals surface area contributed by atoms with E-state index in [1.54, 1.807) is 30.6 Å². The van der Waals surface area contributed by atoms with Gasteiger partial charge in [-0.05, 0) is 42.0 Å². The lowest BCUT2D eigenvalue weighted by Gasteiger charge is -2.34. The Hall–Kier alpha value is -3.63. The molecule has 2 heterocycles. The number of aromatic nitrogens is 2. The Morgan fingerprint density at radius 2 is 1.90 bits per heavy atom. The van der Waals surface area contributed by atoms with E-state index in [1.807, 2.05) is 34.9 Å². The van der Waals surface area contributed by atoms with Gasteiger partial charge in [-0.1, -0.05) is 23.7 Å². The molecule has 0 radical (unpaired) electrons. The molecule has 3 aromatic rings. The Morgan fingerprint density at radius 3 is 2.55 bits per heavy atom. The molecule has 0 fully saturated rings. The number of carbonyl (C=O) groups excluding carboxylic acids is 2. The molecule has 1 aliphatic rings. The fourth-order valence-electron chi connectivity index (χ4n) is 3.70. The van der Waals surface area contributed by atoms with Crippen molar-refractivity contribution in [3.63, 3.8) is 0 Å². The van der Waals surface area contributed by atoms with E-state index in [0.717, 1.165) is 17.0 Å². The Labute approximate surface area is 184 Å². The highest BCUT2D eigenvalue weighted by Crippen LogP contribution is 2.26. The van der Waals surface area contributed by atoms with E-state index in [9.17, 15) is 9.59 Å². The first-order chi connectivity index (χ1) is 15.0. The molecule has 2 aromatic carbocycles. The molecule has 7 nitrogen and oxygen atoms in total. The molecule has 1 aromatic heterocycles. The van der Waals surface area contributed by atoms with Crippen LogP contribution < -0.4 is 0 Å². The minimum atomic E-state index is -0.764. The van der Waals surface area contributed by atoms with Crippen LogP contribution in [-0.4, -0.2) is 39.5 Å². The summed E-state index contributed by atoms with van der Waals surface area (Å²) in [5.41, 5.74) is 3.55. The van der Waals surface area contributed by atoms with Crippen molar-refractivity contribution < 1.29 is 14.3 Å². The average molecular weight is 435 g/mol. The van der Waals surface area contributed by atoms with Crippen molar-refractivity contribution in [2.75, 3.05) is 7.11 Å². The number of benzene rings is 2. The van der Waals surface area contributed by atoms with E-state index in [4.69, 9.17) is 21.6 Å². The number of hydrogen-bond donors (Lipinski definition) is 0. The smallest absolute Gasteiger partial charge is 0.329 e. The lowest BCUT2D eigenvalue weighted by molar-refractivity contribution is -0.146. The van der Waals surface area contributed by atoms with E-state index in [-0.39, 0.29) is 18.9 Å². The number of nitrogens with zero attached hydrogens (tertiary/aromatic N) is 4. The Balaban J connectivity index is 1.65. The normalized spacial score (nSPS) is 15.1. The molecule has 0 saturated heterocycles. The summed E-state index contributed by atoms with van der Waals surface area (Å²) in [4.78, 5) is 31.7. The highest BCUT2D eigenvalue weighted by molar-refractivity contribution is 6.30. The van der Waals surface area contributed by atoms with E-state index >= 15 is 0 Å². The molecule has 0 bridgehead atoms. The molecular weight excluding hydrogens is 416 g/mol. The Morgan fingerprint density at radius 1 is 1.19 bits per heavy atom. The van der Waals surface area contributed by atoms with Crippen molar-refractivity contribution in [2.24, 2.45) is 0 Å². The minimum Gasteiger partial charge on any atom is -0.467 e. The lowest BCUT2D eigenvalue weighted by atomic mass is 10.0. The van der Waals surface area contributed by atoms with Crippen molar-refractivity contribution in [1.29, 1.82) is 5.26 Å². The van der Waals surface area contributed by atoms with Gasteiger partial charge < -0.3 is 14.2 Å². The Bertz CT molecular complexity index is 1160. The lowest BCUT2D eigenvalue weighted by Crippen LogP contribution is -2.49. The molecule has 156 valence electrons. The maximum absolute atomic E-state index is 13.3. The topological polar surface area (TPSA) is 88.2 Å². The van der Waals surface area contributed by atoms with Gasteiger partial charge in [-0.2, -0.15) is 5.26 Å². The highest BCUT2D eigenvalue weighted by atomic mass is 35.5. The first-order valence-corrected chi connectivity index (χ1v) is 10.0. The van der Waals surface area contributed by atoms with Crippen molar-refractivity contribution in [1.82, 2.24) is 14.5 Å². The zero-order chi connectivity index (χ0) is 22.0. The number of hydrogen-bond acceptors (Lipinski definition) is 5. The monoisotopic (exact) mass is 434 g/mol. The van der Waals surface area contributed by atoms with Gasteiger partial charge in [-0.25, -0.2) is 9.78 Å². The van der Waals surface area contributed by atoms with Crippen molar-refractivity contribution >= 4 is 23.5 Å². The third-order valence-corrected chi connectivity index (χ3v) is 5.63. The summed E-state index contributed by atoms with van der Waals surface area (Å²) >= 11 is 5.97. The van der Waals surface area contributed by atoms with E-state index in [0.29, 0.717) is 22.7 Å². The van der Waals surface area contributed by atoms with E-state index in [2.05, 4.69) is 4.98 Å².